The Hall–Kier alpha value is -1.12. The first kappa shape index (κ1) is 13.3. The number of carbonyl (C=O) groups is 1. The highest BCUT2D eigenvalue weighted by atomic mass is 16.2. The quantitative estimate of drug-likeness (QED) is 0.768. The summed E-state index contributed by atoms with van der Waals surface area (Å²) in [5.41, 5.74) is -0.200. The maximum atomic E-state index is 12.5. The summed E-state index contributed by atoms with van der Waals surface area (Å²) < 4.78 is 0. The molecule has 0 aromatic heterocycles. The summed E-state index contributed by atoms with van der Waals surface area (Å²) in [4.78, 5) is 16.7. The summed E-state index contributed by atoms with van der Waals surface area (Å²) in [6, 6.07) is 2.17. The molecule has 2 aliphatic rings. The normalized spacial score (nSPS) is 29.2. The highest BCUT2D eigenvalue weighted by molar-refractivity contribution is 5.83. The Morgan fingerprint density at radius 2 is 2.11 bits per heavy atom. The minimum Gasteiger partial charge on any atom is -0.340 e. The Morgan fingerprint density at radius 1 is 1.39 bits per heavy atom. The van der Waals surface area contributed by atoms with Gasteiger partial charge in [-0.15, -0.1) is 0 Å². The molecule has 18 heavy (non-hydrogen) atoms. The van der Waals surface area contributed by atoms with Crippen molar-refractivity contribution in [1.82, 2.24) is 15.1 Å². The molecule has 0 saturated carbocycles. The van der Waals surface area contributed by atoms with Crippen LogP contribution < -0.4 is 5.32 Å². The lowest BCUT2D eigenvalue weighted by Crippen LogP contribution is -2.53. The van der Waals surface area contributed by atoms with Crippen LogP contribution in [0.3, 0.4) is 0 Å². The van der Waals surface area contributed by atoms with Crippen molar-refractivity contribution in [2.75, 3.05) is 45.8 Å². The molecule has 0 spiro atoms. The number of nitrogens with one attached hydrogen (secondary N) is 1. The summed E-state index contributed by atoms with van der Waals surface area (Å²) in [6.45, 7) is 8.06. The third-order valence-corrected chi connectivity index (χ3v) is 4.08. The van der Waals surface area contributed by atoms with E-state index in [-0.39, 0.29) is 5.41 Å². The van der Waals surface area contributed by atoms with E-state index in [2.05, 4.69) is 23.2 Å². The Bertz CT molecular complexity index is 335. The van der Waals surface area contributed by atoms with Gasteiger partial charge < -0.3 is 10.2 Å². The lowest BCUT2D eigenvalue weighted by molar-refractivity contribution is -0.142. The van der Waals surface area contributed by atoms with Crippen LogP contribution in [0.25, 0.3) is 0 Å². The maximum absolute atomic E-state index is 12.5. The first-order chi connectivity index (χ1) is 8.65. The monoisotopic (exact) mass is 250 g/mol. The van der Waals surface area contributed by atoms with Crippen molar-refractivity contribution in [3.05, 3.63) is 0 Å². The fraction of sp³-hybridized carbons (Fsp3) is 0.846. The van der Waals surface area contributed by atoms with Crippen molar-refractivity contribution in [2.45, 2.75) is 19.8 Å². The molecule has 5 nitrogen and oxygen atoms in total. The summed E-state index contributed by atoms with van der Waals surface area (Å²) in [7, 11) is 0. The van der Waals surface area contributed by atoms with Crippen LogP contribution >= 0.6 is 0 Å². The van der Waals surface area contributed by atoms with Gasteiger partial charge in [0.15, 0.2) is 0 Å². The molecule has 0 radical (unpaired) electrons. The van der Waals surface area contributed by atoms with E-state index in [1.807, 2.05) is 4.90 Å². The largest absolute Gasteiger partial charge is 0.340 e. The molecule has 2 rings (SSSR count). The molecule has 0 aliphatic carbocycles. The average molecular weight is 250 g/mol. The average Bonchev–Trinajstić information content (AvgIpc) is 2.84. The van der Waals surface area contributed by atoms with E-state index >= 15 is 0 Å². The molecule has 100 valence electrons. The number of rotatable bonds is 3. The van der Waals surface area contributed by atoms with Crippen LogP contribution in [0.15, 0.2) is 0 Å². The van der Waals surface area contributed by atoms with E-state index in [1.54, 1.807) is 0 Å². The van der Waals surface area contributed by atoms with Gasteiger partial charge in [0.2, 0.25) is 5.91 Å². The third kappa shape index (κ3) is 2.82. The number of nitriles is 1. The van der Waals surface area contributed by atoms with Gasteiger partial charge >= 0.3 is 0 Å². The highest BCUT2D eigenvalue weighted by Gasteiger charge is 2.39. The lowest BCUT2D eigenvalue weighted by atomic mass is 9.88. The fourth-order valence-electron chi connectivity index (χ4n) is 2.76. The predicted octanol–water partition coefficient (Wildman–Crippen LogP) is 0.0439. The van der Waals surface area contributed by atoms with Crippen molar-refractivity contribution < 1.29 is 4.79 Å². The molecule has 1 atom stereocenters. The Balaban J connectivity index is 1.82. The van der Waals surface area contributed by atoms with Crippen LogP contribution in [-0.4, -0.2) is 61.5 Å². The molecule has 2 saturated heterocycles. The molecular weight excluding hydrogens is 228 g/mol. The summed E-state index contributed by atoms with van der Waals surface area (Å²) in [5.74, 6) is 0.299. The fourth-order valence-corrected chi connectivity index (χ4v) is 2.76. The van der Waals surface area contributed by atoms with Crippen molar-refractivity contribution >= 4 is 5.91 Å². The lowest BCUT2D eigenvalue weighted by Gasteiger charge is -2.38. The Labute approximate surface area is 109 Å². The summed E-state index contributed by atoms with van der Waals surface area (Å²) in [6.07, 6.45) is 1.52. The molecule has 2 heterocycles. The van der Waals surface area contributed by atoms with Gasteiger partial charge in [-0.25, -0.2) is 0 Å². The van der Waals surface area contributed by atoms with Crippen LogP contribution in [0, 0.1) is 16.7 Å². The zero-order valence-electron chi connectivity index (χ0n) is 11.1. The van der Waals surface area contributed by atoms with E-state index < -0.39 is 0 Å². The maximum Gasteiger partial charge on any atom is 0.229 e. The molecule has 1 unspecified atom stereocenters. The van der Waals surface area contributed by atoms with E-state index in [0.717, 1.165) is 52.2 Å². The molecule has 5 heteroatoms. The minimum absolute atomic E-state index is 0.200. The Kier molecular flexibility index (Phi) is 4.20. The molecule has 0 aromatic rings. The van der Waals surface area contributed by atoms with Crippen LogP contribution in [0.2, 0.25) is 0 Å². The smallest absolute Gasteiger partial charge is 0.229 e. The second-order valence-electron chi connectivity index (χ2n) is 5.53. The van der Waals surface area contributed by atoms with E-state index in [0.29, 0.717) is 12.3 Å². The topological polar surface area (TPSA) is 59.4 Å². The zero-order chi connectivity index (χ0) is 13.0. The molecule has 2 aliphatic heterocycles. The molecule has 1 N–H and O–H groups in total. The van der Waals surface area contributed by atoms with Gasteiger partial charge in [-0.2, -0.15) is 5.26 Å². The first-order valence-corrected chi connectivity index (χ1v) is 6.75. The highest BCUT2D eigenvalue weighted by Crippen LogP contribution is 2.27. The molecule has 0 aromatic carbocycles. The molecular formula is C13H22N4O. The molecule has 2 fully saturated rings. The predicted molar refractivity (Wildman–Crippen MR) is 68.8 cm³/mol. The first-order valence-electron chi connectivity index (χ1n) is 6.75. The number of carbonyl (C=O) groups excluding carboxylic acids is 1. The number of piperazine rings is 1. The molecule has 0 bridgehead atoms. The number of nitrogens with zero attached hydrogens (tertiary/aromatic N) is 3. The SMILES string of the molecule is CC1(C(=O)N2CCN(CCC#N)CC2)CCNC1. The number of hydrogen-bond donors (Lipinski definition) is 1. The van der Waals surface area contributed by atoms with Crippen molar-refractivity contribution in [2.24, 2.45) is 5.41 Å². The van der Waals surface area contributed by atoms with Gasteiger partial charge in [-0.05, 0) is 19.9 Å². The van der Waals surface area contributed by atoms with Gasteiger partial charge in [0, 0.05) is 45.7 Å². The van der Waals surface area contributed by atoms with Gasteiger partial charge in [0.1, 0.15) is 0 Å². The summed E-state index contributed by atoms with van der Waals surface area (Å²) in [5, 5.41) is 11.8. The summed E-state index contributed by atoms with van der Waals surface area (Å²) >= 11 is 0. The second-order valence-corrected chi connectivity index (χ2v) is 5.53. The van der Waals surface area contributed by atoms with Crippen LogP contribution in [0.5, 0.6) is 0 Å². The Morgan fingerprint density at radius 3 is 2.67 bits per heavy atom. The van der Waals surface area contributed by atoms with Gasteiger partial charge in [0.25, 0.3) is 0 Å². The van der Waals surface area contributed by atoms with E-state index in [1.165, 1.54) is 0 Å². The third-order valence-electron chi connectivity index (χ3n) is 4.08. The van der Waals surface area contributed by atoms with E-state index in [9.17, 15) is 4.79 Å². The van der Waals surface area contributed by atoms with Crippen LogP contribution in [0.4, 0.5) is 0 Å². The van der Waals surface area contributed by atoms with Crippen molar-refractivity contribution in [3.8, 4) is 6.07 Å². The van der Waals surface area contributed by atoms with Gasteiger partial charge in [-0.3, -0.25) is 9.69 Å². The number of hydrogen-bond acceptors (Lipinski definition) is 4. The van der Waals surface area contributed by atoms with E-state index in [4.69, 9.17) is 5.26 Å². The second kappa shape index (κ2) is 5.68. The standard InChI is InChI=1S/C13H22N4O/c1-13(3-5-15-11-13)12(18)17-9-7-16(8-10-17)6-2-4-14/h15H,2-3,5-11H2,1H3. The van der Waals surface area contributed by atoms with Crippen LogP contribution in [0.1, 0.15) is 19.8 Å². The van der Waals surface area contributed by atoms with Gasteiger partial charge in [-0.1, -0.05) is 0 Å². The van der Waals surface area contributed by atoms with Gasteiger partial charge in [0.05, 0.1) is 11.5 Å². The molecule has 1 amide bonds. The minimum atomic E-state index is -0.200. The van der Waals surface area contributed by atoms with Crippen LogP contribution in [-0.2, 0) is 4.79 Å². The van der Waals surface area contributed by atoms with Crippen molar-refractivity contribution in [1.29, 1.82) is 5.26 Å². The van der Waals surface area contributed by atoms with Crippen molar-refractivity contribution in [3.63, 3.8) is 0 Å². The zero-order valence-corrected chi connectivity index (χ0v) is 11.1. The number of amides is 1.